The van der Waals surface area contributed by atoms with Gasteiger partial charge in [-0.2, -0.15) is 18.3 Å². The molecule has 0 fully saturated rings. The van der Waals surface area contributed by atoms with Gasteiger partial charge in [0.25, 0.3) is 5.91 Å². The monoisotopic (exact) mass is 601 g/mol. The zero-order chi connectivity index (χ0) is 31.5. The fourth-order valence-electron chi connectivity index (χ4n) is 3.83. The maximum absolute atomic E-state index is 13.3. The van der Waals surface area contributed by atoms with Gasteiger partial charge in [0.15, 0.2) is 5.69 Å². The van der Waals surface area contributed by atoms with Crippen molar-refractivity contribution in [3.8, 4) is 22.7 Å². The molecule has 0 atom stereocenters. The standard InChI is InChI=1S/C27H26F3N7O6/c1-26(2,3)43-25(41)37(13-27(28,29)30)20-9-15(6-7-32-20)24-35-19(12-42-24)23(40)34-18-10-33-36-21(18)14-4-5-16(11-38)17(8-14)22(31)39/h4-10,12,38H,11,13H2,1-3H3,(H2,31,39)(H,33,36)(H,34,40). The summed E-state index contributed by atoms with van der Waals surface area (Å²) in [6, 6.07) is 7.05. The summed E-state index contributed by atoms with van der Waals surface area (Å²) >= 11 is 0. The maximum atomic E-state index is 13.3. The molecule has 1 aromatic carbocycles. The van der Waals surface area contributed by atoms with E-state index in [-0.39, 0.29) is 34.2 Å². The van der Waals surface area contributed by atoms with E-state index in [0.717, 1.165) is 18.5 Å². The number of anilines is 2. The number of rotatable bonds is 8. The minimum absolute atomic E-state index is 0.0882. The molecule has 0 saturated heterocycles. The Kier molecular flexibility index (Phi) is 8.52. The lowest BCUT2D eigenvalue weighted by atomic mass is 10.0. The number of H-pyrrole nitrogens is 1. The predicted octanol–water partition coefficient (Wildman–Crippen LogP) is 4.27. The number of carbonyl (C=O) groups excluding carboxylic acids is 3. The highest BCUT2D eigenvalue weighted by Crippen LogP contribution is 2.29. The molecule has 0 bridgehead atoms. The molecule has 4 rings (SSSR count). The number of amides is 3. The minimum Gasteiger partial charge on any atom is -0.444 e. The van der Waals surface area contributed by atoms with E-state index in [4.69, 9.17) is 14.9 Å². The second-order valence-corrected chi connectivity index (χ2v) is 10.1. The normalized spacial score (nSPS) is 11.7. The van der Waals surface area contributed by atoms with E-state index in [1.165, 1.54) is 45.2 Å². The number of aromatic nitrogens is 4. The summed E-state index contributed by atoms with van der Waals surface area (Å²) in [6.45, 7) is 2.47. The molecule has 13 nitrogen and oxygen atoms in total. The number of hydrogen-bond acceptors (Lipinski definition) is 9. The van der Waals surface area contributed by atoms with E-state index in [1.807, 2.05) is 0 Å². The third-order valence-electron chi connectivity index (χ3n) is 5.68. The number of aromatic amines is 1. The summed E-state index contributed by atoms with van der Waals surface area (Å²) < 4.78 is 50.4. The van der Waals surface area contributed by atoms with E-state index >= 15 is 0 Å². The molecule has 226 valence electrons. The predicted molar refractivity (Wildman–Crippen MR) is 146 cm³/mol. The van der Waals surface area contributed by atoms with Crippen LogP contribution in [0.1, 0.15) is 47.2 Å². The maximum Gasteiger partial charge on any atom is 0.416 e. The van der Waals surface area contributed by atoms with Crippen molar-refractivity contribution in [1.82, 2.24) is 20.2 Å². The summed E-state index contributed by atoms with van der Waals surface area (Å²) in [5.41, 5.74) is 5.68. The SMILES string of the molecule is CC(C)(C)OC(=O)N(CC(F)(F)F)c1cc(-c2nc(C(=O)Nc3cn[nH]c3-c3ccc(CO)c(C(N)=O)c3)co2)ccn1. The second-order valence-electron chi connectivity index (χ2n) is 10.1. The highest BCUT2D eigenvalue weighted by molar-refractivity contribution is 6.05. The Morgan fingerprint density at radius 1 is 1.14 bits per heavy atom. The van der Waals surface area contributed by atoms with Crippen LogP contribution in [0.3, 0.4) is 0 Å². The highest BCUT2D eigenvalue weighted by atomic mass is 19.4. The molecule has 4 aromatic rings. The molecule has 3 heterocycles. The first kappa shape index (κ1) is 30.7. The van der Waals surface area contributed by atoms with Gasteiger partial charge in [0.05, 0.1) is 24.2 Å². The number of ether oxygens (including phenoxy) is 1. The number of aliphatic hydroxyl groups excluding tert-OH is 1. The van der Waals surface area contributed by atoms with E-state index in [2.05, 4.69) is 25.5 Å². The average molecular weight is 602 g/mol. The molecule has 0 aliphatic heterocycles. The molecule has 16 heteroatoms. The second kappa shape index (κ2) is 11.9. The number of aliphatic hydroxyl groups is 1. The van der Waals surface area contributed by atoms with Crippen LogP contribution in [0.4, 0.5) is 29.5 Å². The lowest BCUT2D eigenvalue weighted by Crippen LogP contribution is -2.42. The summed E-state index contributed by atoms with van der Waals surface area (Å²) in [5.74, 6) is -1.98. The van der Waals surface area contributed by atoms with E-state index in [0.29, 0.717) is 21.7 Å². The van der Waals surface area contributed by atoms with Gasteiger partial charge in [-0.15, -0.1) is 0 Å². The molecule has 3 aromatic heterocycles. The number of halogens is 3. The van der Waals surface area contributed by atoms with Crippen molar-refractivity contribution in [3.63, 3.8) is 0 Å². The molecule has 0 unspecified atom stereocenters. The number of primary amides is 1. The van der Waals surface area contributed by atoms with Gasteiger partial charge in [0, 0.05) is 22.9 Å². The number of carbonyl (C=O) groups is 3. The number of pyridine rings is 1. The van der Waals surface area contributed by atoms with E-state index < -0.39 is 42.8 Å². The Bertz CT molecular complexity index is 1660. The third kappa shape index (κ3) is 7.53. The van der Waals surface area contributed by atoms with Gasteiger partial charge in [0.2, 0.25) is 11.8 Å². The fraction of sp³-hybridized carbons (Fsp3) is 0.259. The topological polar surface area (TPSA) is 190 Å². The number of alkyl halides is 3. The Morgan fingerprint density at radius 3 is 2.53 bits per heavy atom. The lowest BCUT2D eigenvalue weighted by Gasteiger charge is -2.27. The molecule has 0 saturated carbocycles. The van der Waals surface area contributed by atoms with Crippen molar-refractivity contribution in [2.45, 2.75) is 39.2 Å². The van der Waals surface area contributed by atoms with Gasteiger partial charge in [-0.25, -0.2) is 14.8 Å². The summed E-state index contributed by atoms with van der Waals surface area (Å²) in [5, 5.41) is 18.7. The number of oxazole rings is 1. The molecule has 43 heavy (non-hydrogen) atoms. The van der Waals surface area contributed by atoms with Gasteiger partial charge < -0.3 is 25.3 Å². The molecule has 0 aliphatic rings. The van der Waals surface area contributed by atoms with E-state index in [9.17, 15) is 32.7 Å². The Balaban J connectivity index is 1.57. The van der Waals surface area contributed by atoms with Crippen molar-refractivity contribution >= 4 is 29.4 Å². The van der Waals surface area contributed by atoms with Crippen molar-refractivity contribution in [2.75, 3.05) is 16.8 Å². The Labute approximate surface area is 241 Å². The number of hydrogen-bond donors (Lipinski definition) is 4. The van der Waals surface area contributed by atoms with Crippen LogP contribution in [0.15, 0.2) is 53.4 Å². The van der Waals surface area contributed by atoms with Crippen LogP contribution in [-0.4, -0.2) is 61.5 Å². The quantitative estimate of drug-likeness (QED) is 0.228. The van der Waals surface area contributed by atoms with Crippen molar-refractivity contribution in [2.24, 2.45) is 5.73 Å². The van der Waals surface area contributed by atoms with Crippen LogP contribution < -0.4 is 16.0 Å². The van der Waals surface area contributed by atoms with Crippen molar-refractivity contribution in [1.29, 1.82) is 0 Å². The van der Waals surface area contributed by atoms with Crippen LogP contribution in [0.25, 0.3) is 22.7 Å². The number of nitrogens with one attached hydrogen (secondary N) is 2. The highest BCUT2D eigenvalue weighted by Gasteiger charge is 2.36. The number of nitrogens with zero attached hydrogens (tertiary/aromatic N) is 4. The largest absolute Gasteiger partial charge is 0.444 e. The van der Waals surface area contributed by atoms with Gasteiger partial charge in [-0.05, 0) is 44.5 Å². The first-order valence-corrected chi connectivity index (χ1v) is 12.5. The number of nitrogens with two attached hydrogens (primary N) is 1. The van der Waals surface area contributed by atoms with Crippen LogP contribution in [0.2, 0.25) is 0 Å². The number of benzene rings is 1. The van der Waals surface area contributed by atoms with Crippen LogP contribution in [0, 0.1) is 0 Å². The first-order chi connectivity index (χ1) is 20.1. The summed E-state index contributed by atoms with van der Waals surface area (Å²) in [4.78, 5) is 45.7. The lowest BCUT2D eigenvalue weighted by molar-refractivity contribution is -0.119. The van der Waals surface area contributed by atoms with Crippen LogP contribution >= 0.6 is 0 Å². The molecular weight excluding hydrogens is 575 g/mol. The Hall–Kier alpha value is -5.25. The van der Waals surface area contributed by atoms with Crippen LogP contribution in [0.5, 0.6) is 0 Å². The third-order valence-corrected chi connectivity index (χ3v) is 5.68. The molecule has 0 aliphatic carbocycles. The van der Waals surface area contributed by atoms with Crippen molar-refractivity contribution < 1.29 is 41.8 Å². The zero-order valence-corrected chi connectivity index (χ0v) is 23.0. The zero-order valence-electron chi connectivity index (χ0n) is 23.0. The minimum atomic E-state index is -4.75. The van der Waals surface area contributed by atoms with Gasteiger partial charge >= 0.3 is 12.3 Å². The van der Waals surface area contributed by atoms with Gasteiger partial charge in [0.1, 0.15) is 24.2 Å². The summed E-state index contributed by atoms with van der Waals surface area (Å²) in [7, 11) is 0. The first-order valence-electron chi connectivity index (χ1n) is 12.5. The molecule has 0 spiro atoms. The molecule has 5 N–H and O–H groups in total. The van der Waals surface area contributed by atoms with E-state index in [1.54, 1.807) is 6.07 Å². The van der Waals surface area contributed by atoms with Gasteiger partial charge in [-0.1, -0.05) is 12.1 Å². The van der Waals surface area contributed by atoms with Crippen molar-refractivity contribution in [3.05, 3.63) is 65.8 Å². The molecule has 0 radical (unpaired) electrons. The molecular formula is C27H26F3N7O6. The summed E-state index contributed by atoms with van der Waals surface area (Å²) in [6.07, 6.45) is -2.50. The Morgan fingerprint density at radius 2 is 1.88 bits per heavy atom. The smallest absolute Gasteiger partial charge is 0.416 e. The fourth-order valence-corrected chi connectivity index (χ4v) is 3.83. The van der Waals surface area contributed by atoms with Crippen LogP contribution in [-0.2, 0) is 11.3 Å². The molecule has 3 amide bonds. The average Bonchev–Trinajstić information content (AvgIpc) is 3.60. The van der Waals surface area contributed by atoms with Gasteiger partial charge in [-0.3, -0.25) is 19.6 Å².